The molecule has 2 unspecified atom stereocenters. The van der Waals surface area contributed by atoms with Gasteiger partial charge in [-0.2, -0.15) is 0 Å². The normalized spacial score (nSPS) is 22.8. The largest absolute Gasteiger partial charge is 0.347 e. The average Bonchev–Trinajstić information content (AvgIpc) is 2.62. The highest BCUT2D eigenvalue weighted by atomic mass is 19.1. The Hall–Kier alpha value is -2.60. The first-order valence-corrected chi connectivity index (χ1v) is 8.58. The number of fused-ring (bicyclic) bond motifs is 3. The second-order valence-electron chi connectivity index (χ2n) is 6.87. The summed E-state index contributed by atoms with van der Waals surface area (Å²) in [5.74, 6) is 0.771. The zero-order chi connectivity index (χ0) is 16.8. The van der Waals surface area contributed by atoms with Crippen molar-refractivity contribution < 1.29 is 4.39 Å². The second-order valence-corrected chi connectivity index (χ2v) is 6.87. The minimum atomic E-state index is -0.270. The number of para-hydroxylation sites is 1. The van der Waals surface area contributed by atoms with E-state index in [9.17, 15) is 4.39 Å². The molecule has 5 heterocycles. The number of pyridine rings is 1. The zero-order valence-corrected chi connectivity index (χ0v) is 13.7. The van der Waals surface area contributed by atoms with Crippen molar-refractivity contribution in [3.05, 3.63) is 60.4 Å². The summed E-state index contributed by atoms with van der Waals surface area (Å²) >= 11 is 0. The van der Waals surface area contributed by atoms with Crippen LogP contribution in [0.25, 0.3) is 10.9 Å². The van der Waals surface area contributed by atoms with Crippen molar-refractivity contribution >= 4 is 16.7 Å². The van der Waals surface area contributed by atoms with Gasteiger partial charge in [0.25, 0.3) is 0 Å². The van der Waals surface area contributed by atoms with Crippen LogP contribution in [0.5, 0.6) is 0 Å². The van der Waals surface area contributed by atoms with Crippen LogP contribution in [0.2, 0.25) is 0 Å². The number of hydrogen-bond donors (Lipinski definition) is 0. The van der Waals surface area contributed by atoms with Gasteiger partial charge in [0, 0.05) is 43.3 Å². The zero-order valence-electron chi connectivity index (χ0n) is 13.7. The number of nitrogens with zero attached hydrogens (tertiary/aromatic N) is 5. The first-order chi connectivity index (χ1) is 12.3. The van der Waals surface area contributed by atoms with Crippen molar-refractivity contribution in [2.75, 3.05) is 18.0 Å². The molecule has 3 aliphatic heterocycles. The van der Waals surface area contributed by atoms with E-state index < -0.39 is 0 Å². The SMILES string of the molecule is Fc1cncc(CN2CC3CC(C2)N3c2ncnc3ccccc23)c1. The van der Waals surface area contributed by atoms with Gasteiger partial charge in [-0.05, 0) is 30.2 Å². The Labute approximate surface area is 145 Å². The topological polar surface area (TPSA) is 45.2 Å². The molecule has 0 N–H and O–H groups in total. The van der Waals surface area contributed by atoms with Gasteiger partial charge in [0.2, 0.25) is 0 Å². The molecule has 1 aromatic carbocycles. The van der Waals surface area contributed by atoms with E-state index in [0.717, 1.165) is 41.9 Å². The van der Waals surface area contributed by atoms with Crippen molar-refractivity contribution in [2.24, 2.45) is 0 Å². The number of piperidine rings is 1. The van der Waals surface area contributed by atoms with E-state index in [4.69, 9.17) is 0 Å². The fraction of sp³-hybridized carbons (Fsp3) is 0.316. The summed E-state index contributed by atoms with van der Waals surface area (Å²) in [5.41, 5.74) is 1.92. The van der Waals surface area contributed by atoms with Crippen LogP contribution in [0, 0.1) is 5.82 Å². The van der Waals surface area contributed by atoms with Crippen molar-refractivity contribution in [3.63, 3.8) is 0 Å². The number of halogens is 1. The summed E-state index contributed by atoms with van der Waals surface area (Å²) in [5, 5.41) is 1.11. The molecule has 2 atom stereocenters. The number of rotatable bonds is 3. The summed E-state index contributed by atoms with van der Waals surface area (Å²) in [6, 6.07) is 10.6. The molecule has 0 saturated carbocycles. The molecule has 3 fully saturated rings. The third kappa shape index (κ3) is 2.53. The van der Waals surface area contributed by atoms with E-state index in [-0.39, 0.29) is 5.82 Å². The molecule has 2 bridgehead atoms. The number of hydrogen-bond acceptors (Lipinski definition) is 5. The highest BCUT2D eigenvalue weighted by Gasteiger charge is 2.45. The van der Waals surface area contributed by atoms with Crippen LogP contribution in [0.15, 0.2) is 49.1 Å². The number of aromatic nitrogens is 3. The molecule has 3 saturated heterocycles. The van der Waals surface area contributed by atoms with Gasteiger partial charge in [-0.25, -0.2) is 14.4 Å². The van der Waals surface area contributed by atoms with Crippen LogP contribution in [0.1, 0.15) is 12.0 Å². The highest BCUT2D eigenvalue weighted by molar-refractivity contribution is 5.89. The Morgan fingerprint density at radius 3 is 2.76 bits per heavy atom. The monoisotopic (exact) mass is 335 g/mol. The van der Waals surface area contributed by atoms with Gasteiger partial charge in [-0.1, -0.05) is 12.1 Å². The molecule has 6 heteroatoms. The summed E-state index contributed by atoms with van der Waals surface area (Å²) < 4.78 is 13.3. The van der Waals surface area contributed by atoms with E-state index in [1.165, 1.54) is 12.6 Å². The standard InChI is InChI=1S/C19H18FN5/c20-14-5-13(7-21-8-14)9-24-10-15-6-16(11-24)25(15)19-17-3-1-2-4-18(17)22-12-23-19/h1-5,7-8,12,15-16H,6,9-11H2. The first-order valence-electron chi connectivity index (χ1n) is 8.58. The third-order valence-corrected chi connectivity index (χ3v) is 5.20. The van der Waals surface area contributed by atoms with Crippen molar-refractivity contribution in [1.82, 2.24) is 19.9 Å². The van der Waals surface area contributed by atoms with E-state index in [2.05, 4.69) is 30.8 Å². The predicted octanol–water partition coefficient (Wildman–Crippen LogP) is 2.63. The molecule has 126 valence electrons. The summed E-state index contributed by atoms with van der Waals surface area (Å²) in [6.07, 6.45) is 5.84. The third-order valence-electron chi connectivity index (χ3n) is 5.20. The van der Waals surface area contributed by atoms with Gasteiger partial charge in [0.15, 0.2) is 0 Å². The first kappa shape index (κ1) is 14.7. The smallest absolute Gasteiger partial charge is 0.141 e. The Balaban J connectivity index is 1.36. The Bertz CT molecular complexity index is 913. The van der Waals surface area contributed by atoms with Gasteiger partial charge in [-0.15, -0.1) is 0 Å². The van der Waals surface area contributed by atoms with E-state index >= 15 is 0 Å². The molecule has 25 heavy (non-hydrogen) atoms. The molecule has 3 aromatic rings. The molecule has 0 amide bonds. The maximum Gasteiger partial charge on any atom is 0.141 e. The van der Waals surface area contributed by atoms with Crippen LogP contribution in [0.3, 0.4) is 0 Å². The second kappa shape index (κ2) is 5.74. The molecule has 5 nitrogen and oxygen atoms in total. The van der Waals surface area contributed by atoms with Gasteiger partial charge in [0.1, 0.15) is 18.0 Å². The quantitative estimate of drug-likeness (QED) is 0.736. The maximum absolute atomic E-state index is 13.3. The summed E-state index contributed by atoms with van der Waals surface area (Å²) in [4.78, 5) is 17.7. The van der Waals surface area contributed by atoms with Crippen molar-refractivity contribution in [2.45, 2.75) is 25.0 Å². The Kier molecular flexibility index (Phi) is 3.38. The number of anilines is 1. The van der Waals surface area contributed by atoms with Crippen LogP contribution in [0.4, 0.5) is 10.2 Å². The molecule has 3 aliphatic rings. The van der Waals surface area contributed by atoms with E-state index in [1.54, 1.807) is 18.6 Å². The van der Waals surface area contributed by atoms with Crippen LogP contribution >= 0.6 is 0 Å². The molecule has 0 aliphatic carbocycles. The molecular formula is C19H18FN5. The van der Waals surface area contributed by atoms with Crippen LogP contribution < -0.4 is 4.90 Å². The van der Waals surface area contributed by atoms with Gasteiger partial charge >= 0.3 is 0 Å². The summed E-state index contributed by atoms with van der Waals surface area (Å²) in [6.45, 7) is 2.67. The fourth-order valence-electron chi connectivity index (χ4n) is 4.17. The minimum absolute atomic E-state index is 0.270. The lowest BCUT2D eigenvalue weighted by Crippen LogP contribution is -2.69. The average molecular weight is 335 g/mol. The highest BCUT2D eigenvalue weighted by Crippen LogP contribution is 2.38. The fourth-order valence-corrected chi connectivity index (χ4v) is 4.17. The van der Waals surface area contributed by atoms with Gasteiger partial charge < -0.3 is 4.90 Å². The lowest BCUT2D eigenvalue weighted by atomic mass is 9.86. The lowest BCUT2D eigenvalue weighted by Gasteiger charge is -2.57. The Morgan fingerprint density at radius 1 is 1.08 bits per heavy atom. The van der Waals surface area contributed by atoms with Gasteiger partial charge in [-0.3, -0.25) is 9.88 Å². The van der Waals surface area contributed by atoms with Crippen LogP contribution in [-0.4, -0.2) is 45.0 Å². The van der Waals surface area contributed by atoms with Crippen molar-refractivity contribution in [3.8, 4) is 0 Å². The lowest BCUT2D eigenvalue weighted by molar-refractivity contribution is 0.108. The molecule has 2 aromatic heterocycles. The van der Waals surface area contributed by atoms with Crippen LogP contribution in [-0.2, 0) is 6.54 Å². The Morgan fingerprint density at radius 2 is 1.92 bits per heavy atom. The maximum atomic E-state index is 13.3. The number of piperazine rings is 1. The minimum Gasteiger partial charge on any atom is -0.347 e. The summed E-state index contributed by atoms with van der Waals surface area (Å²) in [7, 11) is 0. The number of benzene rings is 1. The van der Waals surface area contributed by atoms with E-state index in [1.807, 2.05) is 18.2 Å². The predicted molar refractivity (Wildman–Crippen MR) is 93.7 cm³/mol. The van der Waals surface area contributed by atoms with Gasteiger partial charge in [0.05, 0.1) is 11.7 Å². The van der Waals surface area contributed by atoms with E-state index in [0.29, 0.717) is 12.1 Å². The molecule has 0 radical (unpaired) electrons. The molecule has 6 rings (SSSR count). The van der Waals surface area contributed by atoms with Crippen molar-refractivity contribution in [1.29, 1.82) is 0 Å². The molecule has 0 spiro atoms. The molecular weight excluding hydrogens is 317 g/mol.